The zero-order valence-electron chi connectivity index (χ0n) is 6.42. The van der Waals surface area contributed by atoms with E-state index in [1.54, 1.807) is 6.20 Å². The van der Waals surface area contributed by atoms with Crippen LogP contribution in [0.4, 0.5) is 5.82 Å². The van der Waals surface area contributed by atoms with E-state index in [1.807, 2.05) is 18.2 Å². The number of hydrogen-bond acceptors (Lipinski definition) is 3. The number of nitrogens with one attached hydrogen (secondary N) is 1. The third kappa shape index (κ3) is 2.89. The van der Waals surface area contributed by atoms with Crippen LogP contribution in [0, 0.1) is 11.3 Å². The van der Waals surface area contributed by atoms with E-state index in [1.165, 1.54) is 0 Å². The van der Waals surface area contributed by atoms with Gasteiger partial charge in [0.15, 0.2) is 0 Å². The lowest BCUT2D eigenvalue weighted by Gasteiger charge is -2.01. The first kappa shape index (κ1) is 9.01. The van der Waals surface area contributed by atoms with Gasteiger partial charge in [0.2, 0.25) is 0 Å². The number of pyridine rings is 1. The summed E-state index contributed by atoms with van der Waals surface area (Å²) in [4.78, 5) is 4.08. The molecule has 0 aromatic carbocycles. The van der Waals surface area contributed by atoms with Crippen molar-refractivity contribution in [3.05, 3.63) is 22.8 Å². The molecule has 62 valence electrons. The Morgan fingerprint density at radius 1 is 1.58 bits per heavy atom. The van der Waals surface area contributed by atoms with Gasteiger partial charge in [-0.1, -0.05) is 0 Å². The lowest BCUT2D eigenvalue weighted by Crippen LogP contribution is -2.01. The standard InChI is InChI=1S/C8H8BrN3/c9-7-2-3-8(12-6-7)11-5-1-4-10/h2-3,6H,1,5H2,(H,11,12). The molecule has 1 aromatic heterocycles. The molecule has 0 aliphatic carbocycles. The van der Waals surface area contributed by atoms with Gasteiger partial charge in [0.05, 0.1) is 12.5 Å². The van der Waals surface area contributed by atoms with Gasteiger partial charge in [0, 0.05) is 17.2 Å². The van der Waals surface area contributed by atoms with Gasteiger partial charge in [0.25, 0.3) is 0 Å². The van der Waals surface area contributed by atoms with E-state index in [2.05, 4.69) is 26.2 Å². The number of rotatable bonds is 3. The molecular weight excluding hydrogens is 218 g/mol. The molecule has 0 unspecified atom stereocenters. The van der Waals surface area contributed by atoms with Crippen molar-refractivity contribution in [1.29, 1.82) is 5.26 Å². The average molecular weight is 226 g/mol. The normalized spacial score (nSPS) is 9.00. The smallest absolute Gasteiger partial charge is 0.125 e. The van der Waals surface area contributed by atoms with Crippen LogP contribution in [0.15, 0.2) is 22.8 Å². The molecule has 4 heteroatoms. The number of aromatic nitrogens is 1. The van der Waals surface area contributed by atoms with E-state index in [4.69, 9.17) is 5.26 Å². The molecule has 0 bridgehead atoms. The Balaban J connectivity index is 2.43. The summed E-state index contributed by atoms with van der Waals surface area (Å²) in [6.45, 7) is 0.644. The van der Waals surface area contributed by atoms with Crippen LogP contribution in [-0.2, 0) is 0 Å². The predicted octanol–water partition coefficient (Wildman–Crippen LogP) is 2.17. The van der Waals surface area contributed by atoms with Gasteiger partial charge >= 0.3 is 0 Å². The van der Waals surface area contributed by atoms with Gasteiger partial charge < -0.3 is 5.32 Å². The molecule has 1 N–H and O–H groups in total. The van der Waals surface area contributed by atoms with Gasteiger partial charge in [-0.3, -0.25) is 0 Å². The first-order chi connectivity index (χ1) is 5.83. The van der Waals surface area contributed by atoms with Crippen molar-refractivity contribution in [2.45, 2.75) is 6.42 Å². The summed E-state index contributed by atoms with van der Waals surface area (Å²) in [6.07, 6.45) is 2.21. The molecule has 12 heavy (non-hydrogen) atoms. The Bertz CT molecular complexity index is 275. The van der Waals surface area contributed by atoms with E-state index in [9.17, 15) is 0 Å². The molecule has 0 aliphatic heterocycles. The van der Waals surface area contributed by atoms with Crippen LogP contribution in [0.5, 0.6) is 0 Å². The number of halogens is 1. The zero-order valence-corrected chi connectivity index (χ0v) is 8.00. The fraction of sp³-hybridized carbons (Fsp3) is 0.250. The van der Waals surface area contributed by atoms with Crippen molar-refractivity contribution in [3.63, 3.8) is 0 Å². The van der Waals surface area contributed by atoms with E-state index < -0.39 is 0 Å². The Morgan fingerprint density at radius 2 is 2.42 bits per heavy atom. The third-order valence-electron chi connectivity index (χ3n) is 1.27. The monoisotopic (exact) mass is 225 g/mol. The van der Waals surface area contributed by atoms with E-state index in [-0.39, 0.29) is 0 Å². The summed E-state index contributed by atoms with van der Waals surface area (Å²) in [5.41, 5.74) is 0. The highest BCUT2D eigenvalue weighted by atomic mass is 79.9. The van der Waals surface area contributed by atoms with Crippen molar-refractivity contribution >= 4 is 21.7 Å². The summed E-state index contributed by atoms with van der Waals surface area (Å²) < 4.78 is 0.952. The molecule has 0 aliphatic rings. The summed E-state index contributed by atoms with van der Waals surface area (Å²) in [7, 11) is 0. The minimum atomic E-state index is 0.498. The number of anilines is 1. The number of hydrogen-bond donors (Lipinski definition) is 1. The molecule has 0 saturated heterocycles. The highest BCUT2D eigenvalue weighted by Crippen LogP contribution is 2.09. The van der Waals surface area contributed by atoms with Crippen LogP contribution in [0.1, 0.15) is 6.42 Å². The maximum atomic E-state index is 8.27. The van der Waals surface area contributed by atoms with Gasteiger partial charge in [-0.2, -0.15) is 5.26 Å². The third-order valence-corrected chi connectivity index (χ3v) is 1.74. The van der Waals surface area contributed by atoms with Gasteiger partial charge in [-0.15, -0.1) is 0 Å². The second kappa shape index (κ2) is 4.73. The molecule has 1 aromatic rings. The lowest BCUT2D eigenvalue weighted by molar-refractivity contribution is 1.05. The van der Waals surface area contributed by atoms with E-state index in [0.717, 1.165) is 10.3 Å². The molecule has 0 radical (unpaired) electrons. The quantitative estimate of drug-likeness (QED) is 0.803. The van der Waals surface area contributed by atoms with Gasteiger partial charge in [0.1, 0.15) is 5.82 Å². The Hall–Kier alpha value is -1.08. The maximum Gasteiger partial charge on any atom is 0.125 e. The highest BCUT2D eigenvalue weighted by molar-refractivity contribution is 9.10. The Labute approximate surface area is 79.6 Å². The fourth-order valence-electron chi connectivity index (χ4n) is 0.727. The molecule has 0 saturated carbocycles. The van der Waals surface area contributed by atoms with Gasteiger partial charge in [-0.05, 0) is 28.1 Å². The molecule has 0 amide bonds. The van der Waals surface area contributed by atoms with Crippen molar-refractivity contribution in [3.8, 4) is 6.07 Å². The highest BCUT2D eigenvalue weighted by Gasteiger charge is 1.91. The average Bonchev–Trinajstić information content (AvgIpc) is 2.09. The second-order valence-electron chi connectivity index (χ2n) is 2.20. The summed E-state index contributed by atoms with van der Waals surface area (Å²) in [6, 6.07) is 5.82. The van der Waals surface area contributed by atoms with Crippen molar-refractivity contribution in [1.82, 2.24) is 4.98 Å². The van der Waals surface area contributed by atoms with E-state index in [0.29, 0.717) is 13.0 Å². The summed E-state index contributed by atoms with van der Waals surface area (Å²) in [5, 5.41) is 11.3. The summed E-state index contributed by atoms with van der Waals surface area (Å²) in [5.74, 6) is 0.799. The van der Waals surface area contributed by atoms with Crippen molar-refractivity contribution in [2.24, 2.45) is 0 Å². The van der Waals surface area contributed by atoms with Crippen molar-refractivity contribution < 1.29 is 0 Å². The molecule has 1 heterocycles. The topological polar surface area (TPSA) is 48.7 Å². The first-order valence-corrected chi connectivity index (χ1v) is 4.34. The second-order valence-corrected chi connectivity index (χ2v) is 3.11. The Kier molecular flexibility index (Phi) is 3.55. The van der Waals surface area contributed by atoms with Crippen LogP contribution in [-0.4, -0.2) is 11.5 Å². The number of nitriles is 1. The zero-order chi connectivity index (χ0) is 8.81. The van der Waals surface area contributed by atoms with E-state index >= 15 is 0 Å². The van der Waals surface area contributed by atoms with Crippen molar-refractivity contribution in [2.75, 3.05) is 11.9 Å². The molecule has 1 rings (SSSR count). The minimum Gasteiger partial charge on any atom is -0.369 e. The number of nitrogens with zero attached hydrogens (tertiary/aromatic N) is 2. The molecule has 3 nitrogen and oxygen atoms in total. The molecule has 0 spiro atoms. The molecular formula is C8H8BrN3. The SMILES string of the molecule is N#CCCNc1ccc(Br)cn1. The lowest BCUT2D eigenvalue weighted by atomic mass is 10.4. The van der Waals surface area contributed by atoms with Crippen LogP contribution in [0.3, 0.4) is 0 Å². The van der Waals surface area contributed by atoms with Gasteiger partial charge in [-0.25, -0.2) is 4.98 Å². The largest absolute Gasteiger partial charge is 0.369 e. The predicted molar refractivity (Wildman–Crippen MR) is 50.7 cm³/mol. The summed E-state index contributed by atoms with van der Waals surface area (Å²) >= 11 is 3.28. The first-order valence-electron chi connectivity index (χ1n) is 3.55. The fourth-order valence-corrected chi connectivity index (χ4v) is 0.961. The van der Waals surface area contributed by atoms with Crippen LogP contribution in [0.25, 0.3) is 0 Å². The van der Waals surface area contributed by atoms with Crippen LogP contribution < -0.4 is 5.32 Å². The maximum absolute atomic E-state index is 8.27. The Morgan fingerprint density at radius 3 is 3.00 bits per heavy atom. The molecule has 0 atom stereocenters. The molecule has 0 fully saturated rings. The van der Waals surface area contributed by atoms with Crippen LogP contribution in [0.2, 0.25) is 0 Å². The van der Waals surface area contributed by atoms with Crippen LogP contribution >= 0.6 is 15.9 Å². The minimum absolute atomic E-state index is 0.498.